The lowest BCUT2D eigenvalue weighted by atomic mass is 10.0. The summed E-state index contributed by atoms with van der Waals surface area (Å²) in [5.41, 5.74) is 0. The minimum atomic E-state index is -0.417. The van der Waals surface area contributed by atoms with Crippen molar-refractivity contribution in [1.29, 1.82) is 0 Å². The molecular weight excluding hydrogens is 254 g/mol. The van der Waals surface area contributed by atoms with Gasteiger partial charge in [0.1, 0.15) is 18.8 Å². The Bertz CT molecular complexity index is 352. The van der Waals surface area contributed by atoms with E-state index in [2.05, 4.69) is 23.9 Å². The molecule has 0 bridgehead atoms. The molecule has 0 radical (unpaired) electrons. The predicted molar refractivity (Wildman–Crippen MR) is 78.6 cm³/mol. The van der Waals surface area contributed by atoms with Gasteiger partial charge in [0.2, 0.25) is 0 Å². The van der Waals surface area contributed by atoms with Gasteiger partial charge in [0.15, 0.2) is 0 Å². The van der Waals surface area contributed by atoms with Gasteiger partial charge in [-0.1, -0.05) is 46.0 Å². The van der Waals surface area contributed by atoms with Crippen molar-refractivity contribution in [3.8, 4) is 0 Å². The third-order valence-electron chi connectivity index (χ3n) is 3.38. The summed E-state index contributed by atoms with van der Waals surface area (Å²) in [6.45, 7) is 4.38. The molecule has 1 atom stereocenters. The molecule has 1 aromatic rings. The number of carbonyl (C=O) groups excluding carboxylic acids is 1. The Kier molecular flexibility index (Phi) is 8.67. The molecule has 1 unspecified atom stereocenters. The molecule has 0 aliphatic heterocycles. The van der Waals surface area contributed by atoms with E-state index < -0.39 is 6.09 Å². The van der Waals surface area contributed by atoms with Crippen LogP contribution < -0.4 is 0 Å². The lowest BCUT2D eigenvalue weighted by Crippen LogP contribution is -2.23. The Morgan fingerprint density at radius 3 is 2.35 bits per heavy atom. The Hall–Kier alpha value is -1.39. The molecule has 1 rings (SSSR count). The number of carbonyl (C=O) groups is 1. The van der Waals surface area contributed by atoms with Crippen LogP contribution in [0.4, 0.5) is 4.79 Å². The summed E-state index contributed by atoms with van der Waals surface area (Å²) in [5.74, 6) is 0. The van der Waals surface area contributed by atoms with E-state index >= 15 is 0 Å². The van der Waals surface area contributed by atoms with Crippen LogP contribution >= 0.6 is 0 Å². The summed E-state index contributed by atoms with van der Waals surface area (Å²) in [6, 6.07) is 0. The van der Waals surface area contributed by atoms with Gasteiger partial charge in [0, 0.05) is 0 Å². The summed E-state index contributed by atoms with van der Waals surface area (Å²) in [4.78, 5) is 15.6. The van der Waals surface area contributed by atoms with Crippen LogP contribution in [0, 0.1) is 0 Å². The van der Waals surface area contributed by atoms with Gasteiger partial charge in [0.25, 0.3) is 0 Å². The molecule has 1 heterocycles. The molecule has 1 aromatic heterocycles. The normalized spacial score (nSPS) is 12.3. The molecule has 0 aliphatic rings. The second kappa shape index (κ2) is 10.4. The SMILES string of the molecule is CCCCCCC(CCCCC)OC(=O)n1cncn1. The highest BCUT2D eigenvalue weighted by Gasteiger charge is 2.15. The Morgan fingerprint density at radius 2 is 1.75 bits per heavy atom. The van der Waals surface area contributed by atoms with Crippen molar-refractivity contribution in [3.63, 3.8) is 0 Å². The first-order valence-electron chi connectivity index (χ1n) is 7.83. The second-order valence-electron chi connectivity index (χ2n) is 5.19. The Morgan fingerprint density at radius 1 is 1.10 bits per heavy atom. The summed E-state index contributed by atoms with van der Waals surface area (Å²) in [6.07, 6.45) is 12.5. The van der Waals surface area contributed by atoms with Crippen LogP contribution in [0.25, 0.3) is 0 Å². The number of hydrogen-bond acceptors (Lipinski definition) is 4. The zero-order valence-electron chi connectivity index (χ0n) is 12.8. The minimum Gasteiger partial charge on any atom is -0.445 e. The number of unbranched alkanes of at least 4 members (excludes halogenated alkanes) is 5. The van der Waals surface area contributed by atoms with Crippen molar-refractivity contribution in [2.75, 3.05) is 0 Å². The van der Waals surface area contributed by atoms with Gasteiger partial charge in [0.05, 0.1) is 0 Å². The van der Waals surface area contributed by atoms with E-state index in [4.69, 9.17) is 4.74 Å². The zero-order valence-corrected chi connectivity index (χ0v) is 12.8. The fraction of sp³-hybridized carbons (Fsp3) is 0.800. The molecule has 114 valence electrons. The maximum absolute atomic E-state index is 11.9. The molecule has 0 aromatic carbocycles. The molecule has 0 saturated carbocycles. The van der Waals surface area contributed by atoms with Gasteiger partial charge < -0.3 is 4.74 Å². The lowest BCUT2D eigenvalue weighted by Gasteiger charge is -2.17. The number of ether oxygens (including phenoxy) is 1. The van der Waals surface area contributed by atoms with Gasteiger partial charge in [-0.25, -0.2) is 9.78 Å². The zero-order chi connectivity index (χ0) is 14.6. The molecule has 0 saturated heterocycles. The van der Waals surface area contributed by atoms with E-state index in [-0.39, 0.29) is 6.10 Å². The highest BCUT2D eigenvalue weighted by atomic mass is 16.6. The van der Waals surface area contributed by atoms with Crippen LogP contribution in [-0.4, -0.2) is 27.0 Å². The van der Waals surface area contributed by atoms with E-state index in [0.29, 0.717) is 0 Å². The molecule has 5 nitrogen and oxygen atoms in total. The highest BCUT2D eigenvalue weighted by molar-refractivity contribution is 5.68. The van der Waals surface area contributed by atoms with E-state index in [1.165, 1.54) is 44.8 Å². The maximum Gasteiger partial charge on any atom is 0.436 e. The number of nitrogens with zero attached hydrogens (tertiary/aromatic N) is 3. The second-order valence-corrected chi connectivity index (χ2v) is 5.19. The average molecular weight is 281 g/mol. The smallest absolute Gasteiger partial charge is 0.436 e. The molecule has 0 amide bonds. The summed E-state index contributed by atoms with van der Waals surface area (Å²) in [5, 5.41) is 3.81. The quantitative estimate of drug-likeness (QED) is 0.604. The molecule has 0 fully saturated rings. The maximum atomic E-state index is 11.9. The van der Waals surface area contributed by atoms with Crippen LogP contribution in [0.5, 0.6) is 0 Å². The Labute approximate surface area is 121 Å². The molecule has 0 spiro atoms. The standard InChI is InChI=1S/C15H27N3O2/c1-3-5-7-9-11-14(10-8-6-4-2)20-15(19)18-13-16-12-17-18/h12-14H,3-11H2,1-2H3. The van der Waals surface area contributed by atoms with Crippen LogP contribution in [0.3, 0.4) is 0 Å². The largest absolute Gasteiger partial charge is 0.445 e. The lowest BCUT2D eigenvalue weighted by molar-refractivity contribution is 0.0828. The van der Waals surface area contributed by atoms with Crippen molar-refractivity contribution in [3.05, 3.63) is 12.7 Å². The minimum absolute atomic E-state index is 0.00936. The van der Waals surface area contributed by atoms with E-state index in [1.54, 1.807) is 0 Å². The fourth-order valence-electron chi connectivity index (χ4n) is 2.18. The van der Waals surface area contributed by atoms with Crippen molar-refractivity contribution >= 4 is 6.09 Å². The fourth-order valence-corrected chi connectivity index (χ4v) is 2.18. The third kappa shape index (κ3) is 6.68. The first-order valence-corrected chi connectivity index (χ1v) is 7.83. The molecule has 5 heteroatoms. The van der Waals surface area contributed by atoms with Gasteiger partial charge in [-0.15, -0.1) is 5.10 Å². The van der Waals surface area contributed by atoms with Crippen LogP contribution in [0.2, 0.25) is 0 Å². The van der Waals surface area contributed by atoms with Crippen LogP contribution in [-0.2, 0) is 4.74 Å². The van der Waals surface area contributed by atoms with Gasteiger partial charge >= 0.3 is 6.09 Å². The van der Waals surface area contributed by atoms with Crippen LogP contribution in [0.1, 0.15) is 71.6 Å². The average Bonchev–Trinajstić information content (AvgIpc) is 2.97. The summed E-state index contributed by atoms with van der Waals surface area (Å²) in [7, 11) is 0. The van der Waals surface area contributed by atoms with Gasteiger partial charge in [-0.2, -0.15) is 4.68 Å². The molecular formula is C15H27N3O2. The summed E-state index contributed by atoms with van der Waals surface area (Å²) >= 11 is 0. The topological polar surface area (TPSA) is 57.0 Å². The third-order valence-corrected chi connectivity index (χ3v) is 3.38. The van der Waals surface area contributed by atoms with Crippen molar-refractivity contribution in [1.82, 2.24) is 14.8 Å². The van der Waals surface area contributed by atoms with Crippen LogP contribution in [0.15, 0.2) is 12.7 Å². The van der Waals surface area contributed by atoms with E-state index in [9.17, 15) is 4.79 Å². The predicted octanol–water partition coefficient (Wildman–Crippen LogP) is 4.18. The van der Waals surface area contributed by atoms with Crippen molar-refractivity contribution < 1.29 is 9.53 Å². The number of aromatic nitrogens is 3. The first-order chi connectivity index (χ1) is 9.77. The molecule has 0 N–H and O–H groups in total. The highest BCUT2D eigenvalue weighted by Crippen LogP contribution is 2.15. The molecule has 0 aliphatic carbocycles. The van der Waals surface area contributed by atoms with E-state index in [0.717, 1.165) is 30.4 Å². The van der Waals surface area contributed by atoms with E-state index in [1.807, 2.05) is 0 Å². The van der Waals surface area contributed by atoms with Crippen molar-refractivity contribution in [2.24, 2.45) is 0 Å². The number of rotatable bonds is 10. The van der Waals surface area contributed by atoms with Gasteiger partial charge in [-0.3, -0.25) is 0 Å². The molecule has 20 heavy (non-hydrogen) atoms. The monoisotopic (exact) mass is 281 g/mol. The van der Waals surface area contributed by atoms with Crippen molar-refractivity contribution in [2.45, 2.75) is 77.7 Å². The number of hydrogen-bond donors (Lipinski definition) is 0. The Balaban J connectivity index is 2.37. The first kappa shape index (κ1) is 16.7. The van der Waals surface area contributed by atoms with Gasteiger partial charge in [-0.05, 0) is 25.7 Å². The summed E-state index contributed by atoms with van der Waals surface area (Å²) < 4.78 is 6.69.